The van der Waals surface area contributed by atoms with Gasteiger partial charge in [0.15, 0.2) is 0 Å². The Kier molecular flexibility index (Phi) is 5.93. The third kappa shape index (κ3) is 4.90. The summed E-state index contributed by atoms with van der Waals surface area (Å²) >= 11 is 0. The molecule has 0 atom stereocenters. The second kappa shape index (κ2) is 8.42. The minimum atomic E-state index is 0.500. The van der Waals surface area contributed by atoms with Gasteiger partial charge in [0, 0.05) is 0 Å². The van der Waals surface area contributed by atoms with Crippen LogP contribution in [0.2, 0.25) is 0 Å². The van der Waals surface area contributed by atoms with Crippen molar-refractivity contribution >= 4 is 12.4 Å². The molecule has 0 aliphatic heterocycles. The first-order valence-corrected chi connectivity index (χ1v) is 6.86. The molecule has 0 aromatic heterocycles. The van der Waals surface area contributed by atoms with Crippen molar-refractivity contribution < 1.29 is 9.47 Å². The first-order valence-electron chi connectivity index (χ1n) is 6.86. The van der Waals surface area contributed by atoms with Crippen LogP contribution >= 0.6 is 0 Å². The average Bonchev–Trinajstić information content (AvgIpc) is 2.58. The SMILES string of the molecule is C=CCOc1ccc(C=NN=Cc2ccc(OC)cc2)cc1. The lowest BCUT2D eigenvalue weighted by Crippen LogP contribution is -1.92. The lowest BCUT2D eigenvalue weighted by atomic mass is 10.2. The summed E-state index contributed by atoms with van der Waals surface area (Å²) in [6.07, 6.45) is 5.10. The van der Waals surface area contributed by atoms with Crippen molar-refractivity contribution in [1.82, 2.24) is 0 Å². The molecular formula is C18H18N2O2. The highest BCUT2D eigenvalue weighted by molar-refractivity contribution is 5.82. The Hall–Kier alpha value is -2.88. The summed E-state index contributed by atoms with van der Waals surface area (Å²) in [7, 11) is 1.64. The maximum absolute atomic E-state index is 5.41. The molecule has 0 saturated carbocycles. The van der Waals surface area contributed by atoms with Crippen LogP contribution in [0.3, 0.4) is 0 Å². The molecule has 0 spiro atoms. The van der Waals surface area contributed by atoms with Crippen LogP contribution in [0.25, 0.3) is 0 Å². The molecule has 2 rings (SSSR count). The van der Waals surface area contributed by atoms with Crippen molar-refractivity contribution in [3.05, 3.63) is 72.3 Å². The van der Waals surface area contributed by atoms with E-state index in [2.05, 4.69) is 16.8 Å². The first kappa shape index (κ1) is 15.5. The minimum Gasteiger partial charge on any atom is -0.497 e. The van der Waals surface area contributed by atoms with Gasteiger partial charge in [-0.25, -0.2) is 0 Å². The van der Waals surface area contributed by atoms with Crippen LogP contribution in [-0.4, -0.2) is 26.1 Å². The summed E-state index contributed by atoms with van der Waals surface area (Å²) in [5, 5.41) is 8.05. The fourth-order valence-electron chi connectivity index (χ4n) is 1.70. The van der Waals surface area contributed by atoms with E-state index in [0.29, 0.717) is 6.61 Å². The van der Waals surface area contributed by atoms with Gasteiger partial charge in [-0.3, -0.25) is 0 Å². The summed E-state index contributed by atoms with van der Waals surface area (Å²) in [5.41, 5.74) is 1.92. The largest absolute Gasteiger partial charge is 0.497 e. The number of hydrogen-bond donors (Lipinski definition) is 0. The third-order valence-corrected chi connectivity index (χ3v) is 2.84. The van der Waals surface area contributed by atoms with Crippen LogP contribution < -0.4 is 9.47 Å². The first-order chi connectivity index (χ1) is 10.8. The van der Waals surface area contributed by atoms with Gasteiger partial charge in [0.1, 0.15) is 18.1 Å². The van der Waals surface area contributed by atoms with Crippen LogP contribution in [0.5, 0.6) is 11.5 Å². The van der Waals surface area contributed by atoms with Crippen LogP contribution in [0.15, 0.2) is 71.4 Å². The molecule has 0 radical (unpaired) electrons. The molecule has 4 nitrogen and oxygen atoms in total. The normalized spacial score (nSPS) is 11.0. The molecule has 2 aromatic rings. The van der Waals surface area contributed by atoms with Gasteiger partial charge >= 0.3 is 0 Å². The van der Waals surface area contributed by atoms with Crippen molar-refractivity contribution in [3.63, 3.8) is 0 Å². The van der Waals surface area contributed by atoms with Crippen molar-refractivity contribution in [1.29, 1.82) is 0 Å². The van der Waals surface area contributed by atoms with Crippen LogP contribution in [0.4, 0.5) is 0 Å². The predicted octanol–water partition coefficient (Wildman–Crippen LogP) is 3.71. The van der Waals surface area contributed by atoms with Gasteiger partial charge in [-0.1, -0.05) is 12.7 Å². The van der Waals surface area contributed by atoms with E-state index in [-0.39, 0.29) is 0 Å². The van der Waals surface area contributed by atoms with E-state index >= 15 is 0 Å². The van der Waals surface area contributed by atoms with Crippen molar-refractivity contribution in [2.75, 3.05) is 13.7 Å². The molecule has 0 aliphatic carbocycles. The lowest BCUT2D eigenvalue weighted by Gasteiger charge is -2.02. The zero-order chi connectivity index (χ0) is 15.6. The van der Waals surface area contributed by atoms with Crippen LogP contribution in [0.1, 0.15) is 11.1 Å². The fraction of sp³-hybridized carbons (Fsp3) is 0.111. The van der Waals surface area contributed by atoms with Gasteiger partial charge < -0.3 is 9.47 Å². The Labute approximate surface area is 130 Å². The van der Waals surface area contributed by atoms with Crippen LogP contribution in [0, 0.1) is 0 Å². The smallest absolute Gasteiger partial charge is 0.119 e. The van der Waals surface area contributed by atoms with Crippen molar-refractivity contribution in [2.45, 2.75) is 0 Å². The second-order valence-corrected chi connectivity index (χ2v) is 4.43. The van der Waals surface area contributed by atoms with Gasteiger partial charge in [-0.05, 0) is 59.7 Å². The van der Waals surface area contributed by atoms with Crippen LogP contribution in [-0.2, 0) is 0 Å². The van der Waals surface area contributed by atoms with Gasteiger partial charge in [0.05, 0.1) is 19.5 Å². The molecule has 0 fully saturated rings. The number of benzene rings is 2. The quantitative estimate of drug-likeness (QED) is 0.444. The monoisotopic (exact) mass is 294 g/mol. The Bertz CT molecular complexity index is 644. The van der Waals surface area contributed by atoms with Gasteiger partial charge in [-0.15, -0.1) is 0 Å². The van der Waals surface area contributed by atoms with E-state index in [9.17, 15) is 0 Å². The lowest BCUT2D eigenvalue weighted by molar-refractivity contribution is 0.363. The molecule has 22 heavy (non-hydrogen) atoms. The summed E-state index contributed by atoms with van der Waals surface area (Å²) in [6.45, 7) is 4.11. The highest BCUT2D eigenvalue weighted by Crippen LogP contribution is 2.11. The highest BCUT2D eigenvalue weighted by atomic mass is 16.5. The predicted molar refractivity (Wildman–Crippen MR) is 90.3 cm³/mol. The van der Waals surface area contributed by atoms with E-state index in [4.69, 9.17) is 9.47 Å². The van der Waals surface area contributed by atoms with E-state index in [1.54, 1.807) is 25.6 Å². The zero-order valence-corrected chi connectivity index (χ0v) is 12.5. The zero-order valence-electron chi connectivity index (χ0n) is 12.5. The number of ether oxygens (including phenoxy) is 2. The minimum absolute atomic E-state index is 0.500. The standard InChI is InChI=1S/C18H18N2O2/c1-3-12-22-18-10-6-16(7-11-18)14-20-19-13-15-4-8-17(21-2)9-5-15/h3-11,13-14H,1,12H2,2H3. The number of nitrogens with zero attached hydrogens (tertiary/aromatic N) is 2. The summed E-state index contributed by atoms with van der Waals surface area (Å²) in [6, 6.07) is 15.2. The third-order valence-electron chi connectivity index (χ3n) is 2.84. The molecule has 0 saturated heterocycles. The molecule has 0 unspecified atom stereocenters. The molecular weight excluding hydrogens is 276 g/mol. The Morgan fingerprint density at radius 1 is 0.864 bits per heavy atom. The van der Waals surface area contributed by atoms with Gasteiger partial charge in [0.25, 0.3) is 0 Å². The average molecular weight is 294 g/mol. The van der Waals surface area contributed by atoms with Crippen molar-refractivity contribution in [3.8, 4) is 11.5 Å². The molecule has 0 aliphatic rings. The maximum Gasteiger partial charge on any atom is 0.119 e. The summed E-state index contributed by atoms with van der Waals surface area (Å²) in [5.74, 6) is 1.62. The number of rotatable bonds is 7. The highest BCUT2D eigenvalue weighted by Gasteiger charge is 1.92. The molecule has 0 N–H and O–H groups in total. The molecule has 0 amide bonds. The summed E-state index contributed by atoms with van der Waals surface area (Å²) < 4.78 is 10.5. The second-order valence-electron chi connectivity index (χ2n) is 4.43. The molecule has 4 heteroatoms. The summed E-state index contributed by atoms with van der Waals surface area (Å²) in [4.78, 5) is 0. The Balaban J connectivity index is 1.90. The Morgan fingerprint density at radius 3 is 1.82 bits per heavy atom. The molecule has 2 aromatic carbocycles. The number of hydrogen-bond acceptors (Lipinski definition) is 4. The Morgan fingerprint density at radius 2 is 1.36 bits per heavy atom. The topological polar surface area (TPSA) is 43.2 Å². The van der Waals surface area contributed by atoms with E-state index in [1.165, 1.54) is 0 Å². The number of methoxy groups -OCH3 is 1. The molecule has 0 heterocycles. The van der Waals surface area contributed by atoms with Crippen molar-refractivity contribution in [2.24, 2.45) is 10.2 Å². The fourth-order valence-corrected chi connectivity index (χ4v) is 1.70. The van der Waals surface area contributed by atoms with E-state index in [1.807, 2.05) is 48.5 Å². The van der Waals surface area contributed by atoms with Gasteiger partial charge in [0.2, 0.25) is 0 Å². The van der Waals surface area contributed by atoms with E-state index in [0.717, 1.165) is 22.6 Å². The van der Waals surface area contributed by atoms with Gasteiger partial charge in [-0.2, -0.15) is 10.2 Å². The van der Waals surface area contributed by atoms with E-state index < -0.39 is 0 Å². The molecule has 0 bridgehead atoms. The molecule has 112 valence electrons. The maximum atomic E-state index is 5.41.